The predicted octanol–water partition coefficient (Wildman–Crippen LogP) is 5.20. The number of hydrogen-bond acceptors (Lipinski definition) is 10. The maximum atomic E-state index is 13.2. The Morgan fingerprint density at radius 1 is 1.11 bits per heavy atom. The highest BCUT2D eigenvalue weighted by atomic mass is 16.6. The van der Waals surface area contributed by atoms with Crippen molar-refractivity contribution < 1.29 is 23.9 Å². The van der Waals surface area contributed by atoms with Gasteiger partial charge >= 0.3 is 5.97 Å². The Kier molecular flexibility index (Phi) is 9.99. The first-order chi connectivity index (χ1) is 22.4. The Labute approximate surface area is 276 Å². The number of amides is 2. The molecule has 2 aliphatic rings. The Balaban J connectivity index is 1.28. The number of hydrogen-bond donors (Lipinski definition) is 3. The van der Waals surface area contributed by atoms with E-state index < -0.39 is 17.6 Å². The SMILES string of the molecule is CC[C@@H]1C(=O)N(C)c2cnc(Nc3ccc(C(=O)Nc4ccc(C[C@H](N)C(=O)OC(C)(C)C)cc4)cc3OC)nc2N1C1CCCC1. The first-order valence-electron chi connectivity index (χ1n) is 16.1. The Morgan fingerprint density at radius 2 is 1.81 bits per heavy atom. The van der Waals surface area contributed by atoms with Crippen LogP contribution in [-0.4, -0.2) is 65.6 Å². The van der Waals surface area contributed by atoms with Gasteiger partial charge in [-0.25, -0.2) is 4.98 Å². The molecule has 3 aromatic rings. The second-order valence-corrected chi connectivity index (χ2v) is 13.1. The minimum atomic E-state index is -0.786. The van der Waals surface area contributed by atoms with Crippen LogP contribution in [0.1, 0.15) is 75.7 Å². The van der Waals surface area contributed by atoms with Crippen molar-refractivity contribution in [3.05, 3.63) is 59.8 Å². The highest BCUT2D eigenvalue weighted by Gasteiger charge is 2.41. The van der Waals surface area contributed by atoms with Crippen molar-refractivity contribution in [3.63, 3.8) is 0 Å². The fourth-order valence-corrected chi connectivity index (χ4v) is 6.14. The molecule has 250 valence electrons. The Hall–Kier alpha value is -4.71. The summed E-state index contributed by atoms with van der Waals surface area (Å²) in [6.45, 7) is 7.43. The second kappa shape index (κ2) is 14.0. The number of anilines is 5. The summed E-state index contributed by atoms with van der Waals surface area (Å²) in [7, 11) is 3.31. The molecule has 0 saturated heterocycles. The summed E-state index contributed by atoms with van der Waals surface area (Å²) in [6, 6.07) is 11.5. The first kappa shape index (κ1) is 33.6. The topological polar surface area (TPSA) is 152 Å². The lowest BCUT2D eigenvalue weighted by Gasteiger charge is -2.43. The van der Waals surface area contributed by atoms with Crippen LogP contribution in [0.25, 0.3) is 0 Å². The summed E-state index contributed by atoms with van der Waals surface area (Å²) in [5, 5.41) is 6.15. The van der Waals surface area contributed by atoms with E-state index in [0.29, 0.717) is 47.2 Å². The average molecular weight is 644 g/mol. The zero-order valence-corrected chi connectivity index (χ0v) is 28.0. The molecule has 47 heavy (non-hydrogen) atoms. The van der Waals surface area contributed by atoms with Crippen molar-refractivity contribution in [1.29, 1.82) is 0 Å². The van der Waals surface area contributed by atoms with E-state index >= 15 is 0 Å². The summed E-state index contributed by atoms with van der Waals surface area (Å²) in [5.41, 5.74) is 8.54. The molecule has 5 rings (SSSR count). The van der Waals surface area contributed by atoms with Crippen molar-refractivity contribution in [2.75, 3.05) is 34.6 Å². The molecule has 1 aliphatic heterocycles. The molecule has 12 nitrogen and oxygen atoms in total. The van der Waals surface area contributed by atoms with Gasteiger partial charge in [-0.2, -0.15) is 4.98 Å². The van der Waals surface area contributed by atoms with E-state index in [9.17, 15) is 14.4 Å². The number of likely N-dealkylation sites (N-methyl/N-ethyl adjacent to an activating group) is 1. The molecule has 2 aromatic carbocycles. The number of aromatic nitrogens is 2. The molecule has 12 heteroatoms. The molecule has 1 aromatic heterocycles. The summed E-state index contributed by atoms with van der Waals surface area (Å²) < 4.78 is 11.0. The molecule has 0 radical (unpaired) electrons. The second-order valence-electron chi connectivity index (χ2n) is 13.1. The van der Waals surface area contributed by atoms with Crippen LogP contribution in [0.4, 0.5) is 28.8 Å². The fourth-order valence-electron chi connectivity index (χ4n) is 6.14. The van der Waals surface area contributed by atoms with E-state index in [2.05, 4.69) is 20.5 Å². The van der Waals surface area contributed by atoms with Crippen molar-refractivity contribution in [2.24, 2.45) is 5.73 Å². The van der Waals surface area contributed by atoms with Gasteiger partial charge in [-0.05, 0) is 82.3 Å². The van der Waals surface area contributed by atoms with Gasteiger partial charge < -0.3 is 35.6 Å². The molecule has 4 N–H and O–H groups in total. The maximum Gasteiger partial charge on any atom is 0.323 e. The van der Waals surface area contributed by atoms with Crippen LogP contribution in [-0.2, 0) is 20.7 Å². The minimum absolute atomic E-state index is 0.0603. The van der Waals surface area contributed by atoms with E-state index in [1.165, 1.54) is 7.11 Å². The fraction of sp³-hybridized carbons (Fsp3) is 0.457. The van der Waals surface area contributed by atoms with Gasteiger partial charge in [-0.1, -0.05) is 31.9 Å². The van der Waals surface area contributed by atoms with E-state index in [4.69, 9.17) is 20.2 Å². The van der Waals surface area contributed by atoms with Gasteiger partial charge in [0.15, 0.2) is 5.82 Å². The number of nitrogens with two attached hydrogens (primary N) is 1. The van der Waals surface area contributed by atoms with Gasteiger partial charge in [0, 0.05) is 24.3 Å². The molecule has 1 saturated carbocycles. The molecular weight excluding hydrogens is 598 g/mol. The normalized spacial score (nSPS) is 17.3. The highest BCUT2D eigenvalue weighted by Crippen LogP contribution is 2.40. The number of ether oxygens (including phenoxy) is 2. The third-order valence-electron chi connectivity index (χ3n) is 8.50. The lowest BCUT2D eigenvalue weighted by atomic mass is 10.0. The molecule has 1 fully saturated rings. The van der Waals surface area contributed by atoms with Crippen LogP contribution in [0.5, 0.6) is 5.75 Å². The van der Waals surface area contributed by atoms with Gasteiger partial charge in [0.2, 0.25) is 11.9 Å². The van der Waals surface area contributed by atoms with Gasteiger partial charge in [0.25, 0.3) is 5.91 Å². The number of carbonyl (C=O) groups is 3. The van der Waals surface area contributed by atoms with Gasteiger partial charge in [-0.3, -0.25) is 14.4 Å². The first-order valence-corrected chi connectivity index (χ1v) is 16.1. The third-order valence-corrected chi connectivity index (χ3v) is 8.50. The van der Waals surface area contributed by atoms with Crippen LogP contribution >= 0.6 is 0 Å². The van der Waals surface area contributed by atoms with Gasteiger partial charge in [-0.15, -0.1) is 0 Å². The quantitative estimate of drug-likeness (QED) is 0.252. The van der Waals surface area contributed by atoms with Gasteiger partial charge in [0.05, 0.1) is 19.0 Å². The number of esters is 1. The predicted molar refractivity (Wildman–Crippen MR) is 182 cm³/mol. The largest absolute Gasteiger partial charge is 0.495 e. The molecule has 0 bridgehead atoms. The molecule has 0 spiro atoms. The van der Waals surface area contributed by atoms with Crippen molar-refractivity contribution in [2.45, 2.75) is 89.9 Å². The zero-order valence-electron chi connectivity index (χ0n) is 28.0. The summed E-state index contributed by atoms with van der Waals surface area (Å²) in [6.07, 6.45) is 7.03. The standard InChI is InChI=1S/C35H45N7O5/c1-7-27-32(44)41(5)28-20-37-34(40-30(28)42(27)24-10-8-9-11-24)39-26-17-14-22(19-29(26)46-6)31(43)38-23-15-12-21(13-16-23)18-25(36)33(45)47-35(2,3)4/h12-17,19-20,24-25,27H,7-11,18,36H2,1-6H3,(H,38,43)(H,37,39,40)/t25-,27+/m0/s1. The molecule has 1 aliphatic carbocycles. The number of rotatable bonds is 10. The van der Waals surface area contributed by atoms with E-state index in [1.807, 2.05) is 19.1 Å². The highest BCUT2D eigenvalue weighted by molar-refractivity contribution is 6.05. The summed E-state index contributed by atoms with van der Waals surface area (Å²) in [4.78, 5) is 51.8. The van der Waals surface area contributed by atoms with E-state index in [1.54, 1.807) is 69.2 Å². The molecule has 0 unspecified atom stereocenters. The van der Waals surface area contributed by atoms with Crippen LogP contribution in [0.3, 0.4) is 0 Å². The summed E-state index contributed by atoms with van der Waals surface area (Å²) >= 11 is 0. The number of fused-ring (bicyclic) bond motifs is 1. The monoisotopic (exact) mass is 643 g/mol. The maximum absolute atomic E-state index is 13.2. The number of carbonyl (C=O) groups excluding carboxylic acids is 3. The Bertz CT molecular complexity index is 1620. The Morgan fingerprint density at radius 3 is 2.45 bits per heavy atom. The number of nitrogens with one attached hydrogen (secondary N) is 2. The van der Waals surface area contributed by atoms with Gasteiger partial charge in [0.1, 0.15) is 29.1 Å². The molecule has 2 atom stereocenters. The van der Waals surface area contributed by atoms with Crippen molar-refractivity contribution in [1.82, 2.24) is 9.97 Å². The van der Waals surface area contributed by atoms with Crippen molar-refractivity contribution >= 4 is 46.6 Å². The molecular formula is C35H45N7O5. The smallest absolute Gasteiger partial charge is 0.323 e. The molecule has 2 heterocycles. The lowest BCUT2D eigenvalue weighted by Crippen LogP contribution is -2.55. The van der Waals surface area contributed by atoms with Crippen molar-refractivity contribution in [3.8, 4) is 5.75 Å². The van der Waals surface area contributed by atoms with Crippen LogP contribution in [0.15, 0.2) is 48.7 Å². The number of benzene rings is 2. The number of nitrogens with zero attached hydrogens (tertiary/aromatic N) is 4. The summed E-state index contributed by atoms with van der Waals surface area (Å²) in [5.74, 6) is 0.841. The van der Waals surface area contributed by atoms with E-state index in [-0.39, 0.29) is 23.9 Å². The lowest BCUT2D eigenvalue weighted by molar-refractivity contribution is -0.156. The van der Waals surface area contributed by atoms with E-state index in [0.717, 1.165) is 37.1 Å². The minimum Gasteiger partial charge on any atom is -0.495 e. The van der Waals surface area contributed by atoms with Crippen LogP contribution < -0.4 is 30.9 Å². The zero-order chi connectivity index (χ0) is 33.9. The average Bonchev–Trinajstić information content (AvgIpc) is 3.57. The van der Waals surface area contributed by atoms with Crippen LogP contribution in [0.2, 0.25) is 0 Å². The number of methoxy groups -OCH3 is 1. The molecule has 2 amide bonds. The third kappa shape index (κ3) is 7.65. The van der Waals surface area contributed by atoms with Crippen LogP contribution in [0, 0.1) is 0 Å².